The summed E-state index contributed by atoms with van der Waals surface area (Å²) < 4.78 is 0. The van der Waals surface area contributed by atoms with Gasteiger partial charge in [-0.15, -0.1) is 11.8 Å². The molecule has 0 saturated carbocycles. The third-order valence-electron chi connectivity index (χ3n) is 1.44. The second-order valence-electron chi connectivity index (χ2n) is 2.29. The van der Waals surface area contributed by atoms with Crippen LogP contribution in [-0.4, -0.2) is 35.9 Å². The highest BCUT2D eigenvalue weighted by Crippen LogP contribution is 2.08. The zero-order valence-electron chi connectivity index (χ0n) is 6.17. The van der Waals surface area contributed by atoms with Gasteiger partial charge in [0.2, 0.25) is 5.91 Å². The summed E-state index contributed by atoms with van der Waals surface area (Å²) in [6, 6.07) is 0.0138. The molecular weight excluding hydrogens is 180 g/mol. The number of nitrogens with one attached hydrogen (secondary N) is 2. The molecule has 1 aliphatic heterocycles. The van der Waals surface area contributed by atoms with Gasteiger partial charge in [-0.1, -0.05) is 0 Å². The molecule has 3 nitrogen and oxygen atoms in total. The number of hydrogen-bond acceptors (Lipinski definition) is 4. The average Bonchev–Trinajstić information content (AvgIpc) is 2.52. The number of rotatable bonds is 3. The largest absolute Gasteiger partial charge is 0.354 e. The molecule has 1 saturated heterocycles. The molecule has 0 aliphatic carbocycles. The molecule has 1 heterocycles. The van der Waals surface area contributed by atoms with Crippen molar-refractivity contribution >= 4 is 30.3 Å². The lowest BCUT2D eigenvalue weighted by atomic mass is 10.3. The molecule has 0 radical (unpaired) electrons. The van der Waals surface area contributed by atoms with Crippen LogP contribution in [-0.2, 0) is 4.79 Å². The van der Waals surface area contributed by atoms with Gasteiger partial charge in [-0.3, -0.25) is 10.1 Å². The van der Waals surface area contributed by atoms with E-state index in [1.54, 1.807) is 11.8 Å². The Hall–Kier alpha value is 0.130. The van der Waals surface area contributed by atoms with E-state index in [1.807, 2.05) is 0 Å². The zero-order chi connectivity index (χ0) is 8.10. The topological polar surface area (TPSA) is 41.1 Å². The molecule has 0 unspecified atom stereocenters. The molecule has 1 fully saturated rings. The highest BCUT2D eigenvalue weighted by Gasteiger charge is 2.21. The predicted octanol–water partition coefficient (Wildman–Crippen LogP) is -0.305. The van der Waals surface area contributed by atoms with Crippen molar-refractivity contribution in [3.63, 3.8) is 0 Å². The fourth-order valence-electron chi connectivity index (χ4n) is 0.866. The number of hydrogen-bond donors (Lipinski definition) is 3. The van der Waals surface area contributed by atoms with E-state index in [-0.39, 0.29) is 11.9 Å². The van der Waals surface area contributed by atoms with Crippen LogP contribution in [0.3, 0.4) is 0 Å². The maximum Gasteiger partial charge on any atom is 0.238 e. The SMILES string of the molecule is O=C(NCCS)[C@@H]1CSCN1. The molecule has 0 aromatic heterocycles. The van der Waals surface area contributed by atoms with Crippen molar-refractivity contribution in [3.05, 3.63) is 0 Å². The first-order chi connectivity index (χ1) is 5.34. The first-order valence-electron chi connectivity index (χ1n) is 3.54. The fraction of sp³-hybridized carbons (Fsp3) is 0.833. The summed E-state index contributed by atoms with van der Waals surface area (Å²) in [7, 11) is 0. The van der Waals surface area contributed by atoms with Gasteiger partial charge in [0, 0.05) is 23.9 Å². The van der Waals surface area contributed by atoms with Crippen molar-refractivity contribution in [1.82, 2.24) is 10.6 Å². The molecule has 1 atom stereocenters. The second kappa shape index (κ2) is 4.90. The molecule has 0 aromatic carbocycles. The number of thioether (sulfide) groups is 1. The van der Waals surface area contributed by atoms with Crippen LogP contribution in [0, 0.1) is 0 Å². The third-order valence-corrected chi connectivity index (χ3v) is 2.61. The van der Waals surface area contributed by atoms with Gasteiger partial charge in [-0.25, -0.2) is 0 Å². The van der Waals surface area contributed by atoms with Crippen LogP contribution in [0.1, 0.15) is 0 Å². The summed E-state index contributed by atoms with van der Waals surface area (Å²) in [5.41, 5.74) is 0. The van der Waals surface area contributed by atoms with Crippen LogP contribution in [0.15, 0.2) is 0 Å². The van der Waals surface area contributed by atoms with Crippen molar-refractivity contribution in [2.45, 2.75) is 6.04 Å². The summed E-state index contributed by atoms with van der Waals surface area (Å²) in [6.07, 6.45) is 0. The van der Waals surface area contributed by atoms with Gasteiger partial charge in [-0.2, -0.15) is 12.6 Å². The molecule has 11 heavy (non-hydrogen) atoms. The minimum atomic E-state index is 0.0138. The molecule has 0 aromatic rings. The van der Waals surface area contributed by atoms with Gasteiger partial charge in [-0.05, 0) is 0 Å². The monoisotopic (exact) mass is 192 g/mol. The molecule has 1 aliphatic rings. The smallest absolute Gasteiger partial charge is 0.238 e. The summed E-state index contributed by atoms with van der Waals surface area (Å²) in [4.78, 5) is 11.2. The minimum Gasteiger partial charge on any atom is -0.354 e. The standard InChI is InChI=1S/C6H12N2OS2/c9-6(7-1-2-10)5-3-11-4-8-5/h5,8,10H,1-4H2,(H,7,9)/t5-/m0/s1. The lowest BCUT2D eigenvalue weighted by Crippen LogP contribution is -2.42. The summed E-state index contributed by atoms with van der Waals surface area (Å²) >= 11 is 5.75. The van der Waals surface area contributed by atoms with Crippen LogP contribution in [0.5, 0.6) is 0 Å². The molecule has 1 rings (SSSR count). The van der Waals surface area contributed by atoms with Crippen LogP contribution < -0.4 is 10.6 Å². The predicted molar refractivity (Wildman–Crippen MR) is 51.1 cm³/mol. The Labute approximate surface area is 76.1 Å². The lowest BCUT2D eigenvalue weighted by Gasteiger charge is -2.08. The van der Waals surface area contributed by atoms with E-state index in [9.17, 15) is 4.79 Å². The number of amides is 1. The van der Waals surface area contributed by atoms with Crippen molar-refractivity contribution < 1.29 is 4.79 Å². The highest BCUT2D eigenvalue weighted by atomic mass is 32.2. The Bertz CT molecular complexity index is 137. The highest BCUT2D eigenvalue weighted by molar-refractivity contribution is 7.99. The van der Waals surface area contributed by atoms with Gasteiger partial charge in [0.1, 0.15) is 0 Å². The van der Waals surface area contributed by atoms with Crippen LogP contribution in [0.4, 0.5) is 0 Å². The Morgan fingerprint density at radius 2 is 2.64 bits per heavy atom. The second-order valence-corrected chi connectivity index (χ2v) is 3.76. The van der Waals surface area contributed by atoms with Gasteiger partial charge in [0.05, 0.1) is 6.04 Å². The number of carbonyl (C=O) groups excluding carboxylic acids is 1. The van der Waals surface area contributed by atoms with E-state index in [4.69, 9.17) is 0 Å². The van der Waals surface area contributed by atoms with Crippen LogP contribution >= 0.6 is 24.4 Å². The Kier molecular flexibility index (Phi) is 4.11. The molecule has 0 bridgehead atoms. The van der Waals surface area contributed by atoms with E-state index in [1.165, 1.54) is 0 Å². The van der Waals surface area contributed by atoms with Gasteiger partial charge in [0.25, 0.3) is 0 Å². The molecule has 64 valence electrons. The lowest BCUT2D eigenvalue weighted by molar-refractivity contribution is -0.122. The van der Waals surface area contributed by atoms with Crippen LogP contribution in [0.25, 0.3) is 0 Å². The van der Waals surface area contributed by atoms with E-state index >= 15 is 0 Å². The number of carbonyl (C=O) groups is 1. The Morgan fingerprint density at radius 1 is 1.82 bits per heavy atom. The van der Waals surface area contributed by atoms with Crippen molar-refractivity contribution in [2.75, 3.05) is 23.9 Å². The molecule has 2 N–H and O–H groups in total. The third kappa shape index (κ3) is 2.92. The van der Waals surface area contributed by atoms with E-state index < -0.39 is 0 Å². The van der Waals surface area contributed by atoms with E-state index in [0.29, 0.717) is 12.3 Å². The first-order valence-corrected chi connectivity index (χ1v) is 5.33. The Balaban J connectivity index is 2.17. The Morgan fingerprint density at radius 3 is 3.18 bits per heavy atom. The van der Waals surface area contributed by atoms with Gasteiger partial charge >= 0.3 is 0 Å². The number of thiol groups is 1. The maximum absolute atomic E-state index is 11.2. The molecule has 1 amide bonds. The summed E-state index contributed by atoms with van der Waals surface area (Å²) in [6.45, 7) is 0.658. The normalized spacial score (nSPS) is 23.5. The minimum absolute atomic E-state index is 0.0138. The van der Waals surface area contributed by atoms with Gasteiger partial charge in [0.15, 0.2) is 0 Å². The first kappa shape index (κ1) is 9.22. The van der Waals surface area contributed by atoms with Crippen LogP contribution in [0.2, 0.25) is 0 Å². The van der Waals surface area contributed by atoms with E-state index in [2.05, 4.69) is 23.3 Å². The molecule has 5 heteroatoms. The maximum atomic E-state index is 11.2. The van der Waals surface area contributed by atoms with Gasteiger partial charge < -0.3 is 5.32 Å². The fourth-order valence-corrected chi connectivity index (χ4v) is 1.92. The van der Waals surface area contributed by atoms with Crippen molar-refractivity contribution in [2.24, 2.45) is 0 Å². The summed E-state index contributed by atoms with van der Waals surface area (Å²) in [5, 5.41) is 5.87. The van der Waals surface area contributed by atoms with E-state index in [0.717, 1.165) is 11.6 Å². The molecule has 0 spiro atoms. The summed E-state index contributed by atoms with van der Waals surface area (Å²) in [5.74, 6) is 2.58. The quantitative estimate of drug-likeness (QED) is 0.538. The average molecular weight is 192 g/mol. The zero-order valence-corrected chi connectivity index (χ0v) is 7.88. The van der Waals surface area contributed by atoms with Crippen molar-refractivity contribution in [1.29, 1.82) is 0 Å². The van der Waals surface area contributed by atoms with Crippen molar-refractivity contribution in [3.8, 4) is 0 Å². The molecular formula is C6H12N2OS2.